The number of imide groups is 1. The zero-order valence-corrected chi connectivity index (χ0v) is 14.6. The number of nitrogens with zero attached hydrogens (tertiary/aromatic N) is 1. The summed E-state index contributed by atoms with van der Waals surface area (Å²) >= 11 is 2.86. The van der Waals surface area contributed by atoms with Gasteiger partial charge in [0.2, 0.25) is 0 Å². The van der Waals surface area contributed by atoms with Gasteiger partial charge in [0.1, 0.15) is 11.6 Å². The highest BCUT2D eigenvalue weighted by Crippen LogP contribution is 2.27. The van der Waals surface area contributed by atoms with E-state index >= 15 is 0 Å². The number of halogens is 3. The van der Waals surface area contributed by atoms with Gasteiger partial charge in [-0.15, -0.1) is 22.7 Å². The summed E-state index contributed by atoms with van der Waals surface area (Å²) in [5, 5.41) is 7.40. The molecule has 26 heavy (non-hydrogen) atoms. The number of thiazole rings is 1. The van der Waals surface area contributed by atoms with Gasteiger partial charge in [0, 0.05) is 5.38 Å². The van der Waals surface area contributed by atoms with Crippen LogP contribution < -0.4 is 10.6 Å². The zero-order valence-electron chi connectivity index (χ0n) is 13.0. The highest BCUT2D eigenvalue weighted by Gasteiger charge is 2.28. The highest BCUT2D eigenvalue weighted by molar-refractivity contribution is 7.20. The summed E-state index contributed by atoms with van der Waals surface area (Å²) in [5.74, 6) is -1.80. The second kappa shape index (κ2) is 8.76. The standard InChI is InChI=1S/C14H12F3N3O4S2/c15-14(16,17)7-18-13(23)20-10(21)5-24-11(22)4-8-6-26-12(19-8)9-2-1-3-25-9/h1-3,6H,4-5,7H2,(H2,18,20,21,23). The first-order chi connectivity index (χ1) is 12.2. The Kier molecular flexibility index (Phi) is 6.69. The molecule has 0 saturated carbocycles. The van der Waals surface area contributed by atoms with Gasteiger partial charge < -0.3 is 10.1 Å². The molecule has 2 heterocycles. The number of esters is 1. The molecule has 140 valence electrons. The average Bonchev–Trinajstić information content (AvgIpc) is 3.21. The van der Waals surface area contributed by atoms with E-state index in [2.05, 4.69) is 9.72 Å². The van der Waals surface area contributed by atoms with Crippen LogP contribution in [0.15, 0.2) is 22.9 Å². The topological polar surface area (TPSA) is 97.4 Å². The number of thiophene rings is 1. The molecule has 2 N–H and O–H groups in total. The van der Waals surface area contributed by atoms with Crippen LogP contribution in [-0.4, -0.2) is 42.2 Å². The Bertz CT molecular complexity index is 775. The Balaban J connectivity index is 1.71. The van der Waals surface area contributed by atoms with Crippen molar-refractivity contribution in [3.05, 3.63) is 28.6 Å². The number of aromatic nitrogens is 1. The van der Waals surface area contributed by atoms with Gasteiger partial charge in [-0.2, -0.15) is 13.2 Å². The van der Waals surface area contributed by atoms with Crippen LogP contribution in [0.1, 0.15) is 5.69 Å². The lowest BCUT2D eigenvalue weighted by Crippen LogP contribution is -2.44. The second-order valence-electron chi connectivity index (χ2n) is 4.80. The van der Waals surface area contributed by atoms with Crippen LogP contribution in [0.5, 0.6) is 0 Å². The van der Waals surface area contributed by atoms with Crippen LogP contribution in [0.3, 0.4) is 0 Å². The molecule has 0 saturated heterocycles. The molecule has 0 spiro atoms. The summed E-state index contributed by atoms with van der Waals surface area (Å²) in [5.41, 5.74) is 0.465. The molecule has 2 aromatic heterocycles. The van der Waals surface area contributed by atoms with E-state index in [9.17, 15) is 27.6 Å². The van der Waals surface area contributed by atoms with E-state index in [0.717, 1.165) is 9.88 Å². The van der Waals surface area contributed by atoms with E-state index in [4.69, 9.17) is 0 Å². The van der Waals surface area contributed by atoms with Crippen LogP contribution in [0.4, 0.5) is 18.0 Å². The minimum absolute atomic E-state index is 0.171. The number of hydrogen-bond donors (Lipinski definition) is 2. The van der Waals surface area contributed by atoms with Crippen molar-refractivity contribution in [1.82, 2.24) is 15.6 Å². The molecule has 12 heteroatoms. The summed E-state index contributed by atoms with van der Waals surface area (Å²) in [6.07, 6.45) is -4.77. The van der Waals surface area contributed by atoms with E-state index < -0.39 is 37.2 Å². The second-order valence-corrected chi connectivity index (χ2v) is 6.61. The van der Waals surface area contributed by atoms with Gasteiger partial charge in [0.15, 0.2) is 6.61 Å². The molecule has 0 radical (unpaired) electrons. The number of alkyl halides is 3. The van der Waals surface area contributed by atoms with Gasteiger partial charge in [-0.05, 0) is 11.4 Å². The minimum Gasteiger partial charge on any atom is -0.455 e. The normalized spacial score (nSPS) is 11.0. The monoisotopic (exact) mass is 407 g/mol. The molecule has 2 aromatic rings. The van der Waals surface area contributed by atoms with Crippen molar-refractivity contribution in [2.24, 2.45) is 0 Å². The number of nitrogens with one attached hydrogen (secondary N) is 2. The third-order valence-corrected chi connectivity index (χ3v) is 4.61. The van der Waals surface area contributed by atoms with Crippen LogP contribution in [0, 0.1) is 0 Å². The van der Waals surface area contributed by atoms with Crippen molar-refractivity contribution in [2.45, 2.75) is 12.6 Å². The van der Waals surface area contributed by atoms with Gasteiger partial charge in [-0.3, -0.25) is 14.9 Å². The minimum atomic E-state index is -4.59. The molecule has 0 fully saturated rings. The largest absolute Gasteiger partial charge is 0.455 e. The molecule has 0 aromatic carbocycles. The number of urea groups is 1. The first-order valence-corrected chi connectivity index (χ1v) is 8.77. The third-order valence-electron chi connectivity index (χ3n) is 2.68. The molecule has 0 aliphatic carbocycles. The van der Waals surface area contributed by atoms with E-state index in [0.29, 0.717) is 5.69 Å². The maximum absolute atomic E-state index is 11.9. The maximum atomic E-state index is 11.9. The van der Waals surface area contributed by atoms with Crippen molar-refractivity contribution in [1.29, 1.82) is 0 Å². The Labute approximate surface area is 153 Å². The summed E-state index contributed by atoms with van der Waals surface area (Å²) in [4.78, 5) is 39.3. The lowest BCUT2D eigenvalue weighted by molar-refractivity contribution is -0.147. The zero-order chi connectivity index (χ0) is 19.2. The molecule has 0 bridgehead atoms. The fraction of sp³-hybridized carbons (Fsp3) is 0.286. The van der Waals surface area contributed by atoms with Gasteiger partial charge in [0.25, 0.3) is 5.91 Å². The van der Waals surface area contributed by atoms with Gasteiger partial charge >= 0.3 is 18.2 Å². The summed E-state index contributed by atoms with van der Waals surface area (Å²) < 4.78 is 40.4. The first-order valence-electron chi connectivity index (χ1n) is 7.01. The van der Waals surface area contributed by atoms with Gasteiger partial charge in [-0.25, -0.2) is 9.78 Å². The molecular formula is C14H12F3N3O4S2. The molecular weight excluding hydrogens is 395 g/mol. The van der Waals surface area contributed by atoms with E-state index in [-0.39, 0.29) is 6.42 Å². The van der Waals surface area contributed by atoms with Crippen LogP contribution in [0.2, 0.25) is 0 Å². The number of hydrogen-bond acceptors (Lipinski definition) is 7. The van der Waals surface area contributed by atoms with Crippen LogP contribution in [-0.2, 0) is 20.7 Å². The fourth-order valence-electron chi connectivity index (χ4n) is 1.63. The number of carbonyl (C=O) groups excluding carboxylic acids is 3. The molecule has 0 unspecified atom stereocenters. The quantitative estimate of drug-likeness (QED) is 0.717. The van der Waals surface area contributed by atoms with E-state index in [1.54, 1.807) is 10.7 Å². The highest BCUT2D eigenvalue weighted by atomic mass is 32.1. The molecule has 0 atom stereocenters. The summed E-state index contributed by atoms with van der Waals surface area (Å²) in [6, 6.07) is 2.43. The Morgan fingerprint density at radius 1 is 1.23 bits per heavy atom. The lowest BCUT2D eigenvalue weighted by Gasteiger charge is -2.09. The van der Waals surface area contributed by atoms with E-state index in [1.807, 2.05) is 17.5 Å². The lowest BCUT2D eigenvalue weighted by atomic mass is 10.3. The average molecular weight is 407 g/mol. The van der Waals surface area contributed by atoms with Crippen molar-refractivity contribution in [3.63, 3.8) is 0 Å². The van der Waals surface area contributed by atoms with Gasteiger partial charge in [0.05, 0.1) is 17.0 Å². The van der Waals surface area contributed by atoms with Crippen molar-refractivity contribution < 1.29 is 32.3 Å². The molecule has 3 amide bonds. The maximum Gasteiger partial charge on any atom is 0.405 e. The number of amides is 3. The smallest absolute Gasteiger partial charge is 0.405 e. The predicted octanol–water partition coefficient (Wildman–Crippen LogP) is 2.35. The third kappa shape index (κ3) is 6.80. The van der Waals surface area contributed by atoms with Crippen molar-refractivity contribution in [2.75, 3.05) is 13.2 Å². The Morgan fingerprint density at radius 2 is 2.00 bits per heavy atom. The van der Waals surface area contributed by atoms with Gasteiger partial charge in [-0.1, -0.05) is 6.07 Å². The Morgan fingerprint density at radius 3 is 2.65 bits per heavy atom. The summed E-state index contributed by atoms with van der Waals surface area (Å²) in [6.45, 7) is -2.37. The number of ether oxygens (including phenoxy) is 1. The fourth-order valence-corrected chi connectivity index (χ4v) is 3.27. The summed E-state index contributed by atoms with van der Waals surface area (Å²) in [7, 11) is 0. The van der Waals surface area contributed by atoms with Crippen molar-refractivity contribution in [3.8, 4) is 9.88 Å². The molecule has 7 nitrogen and oxygen atoms in total. The van der Waals surface area contributed by atoms with Crippen LogP contribution in [0.25, 0.3) is 9.88 Å². The Hall–Kier alpha value is -2.47. The molecule has 2 rings (SSSR count). The predicted molar refractivity (Wildman–Crippen MR) is 87.7 cm³/mol. The van der Waals surface area contributed by atoms with E-state index in [1.165, 1.54) is 28.0 Å². The van der Waals surface area contributed by atoms with Crippen LogP contribution >= 0.6 is 22.7 Å². The first kappa shape index (κ1) is 19.8. The number of rotatable bonds is 6. The van der Waals surface area contributed by atoms with Crippen molar-refractivity contribution >= 4 is 40.6 Å². The molecule has 0 aliphatic rings. The molecule has 0 aliphatic heterocycles. The number of carbonyl (C=O) groups is 3. The SMILES string of the molecule is O=C(COC(=O)Cc1csc(-c2cccs2)n1)NC(=O)NCC(F)(F)F.